The monoisotopic (exact) mass is 564 g/mol. The van der Waals surface area contributed by atoms with Crippen molar-refractivity contribution in [2.75, 3.05) is 19.1 Å². The van der Waals surface area contributed by atoms with Crippen LogP contribution in [-0.4, -0.2) is 38.7 Å². The lowest BCUT2D eigenvalue weighted by Gasteiger charge is -2.42. The number of amides is 2. The molecule has 0 aromatic heterocycles. The third-order valence-electron chi connectivity index (χ3n) is 7.93. The fraction of sp³-hybridized carbons (Fsp3) is 0.152. The van der Waals surface area contributed by atoms with Gasteiger partial charge in [-0.1, -0.05) is 66.2 Å². The van der Waals surface area contributed by atoms with Gasteiger partial charge in [-0.15, -0.1) is 0 Å². The Hall–Kier alpha value is -4.69. The molecule has 2 heterocycles. The summed E-state index contributed by atoms with van der Waals surface area (Å²) < 4.78 is 34.9. The van der Waals surface area contributed by atoms with Crippen LogP contribution in [0.3, 0.4) is 0 Å². The molecule has 1 spiro atoms. The molecule has 6 rings (SSSR count). The van der Waals surface area contributed by atoms with Gasteiger partial charge in [-0.2, -0.15) is 0 Å². The minimum absolute atomic E-state index is 0.0195. The molecule has 7 nitrogen and oxygen atoms in total. The van der Waals surface area contributed by atoms with E-state index >= 15 is 0 Å². The number of ether oxygens (including phenoxy) is 1. The molecular formula is C33H28N2O5S. The molecule has 0 saturated heterocycles. The summed E-state index contributed by atoms with van der Waals surface area (Å²) in [5.41, 5.74) is 1.85. The number of methoxy groups -OCH3 is 1. The summed E-state index contributed by atoms with van der Waals surface area (Å²) in [6.07, 6.45) is 1.67. The molecular weight excluding hydrogens is 536 g/mol. The average molecular weight is 565 g/mol. The molecule has 4 aromatic carbocycles. The van der Waals surface area contributed by atoms with Crippen molar-refractivity contribution in [3.05, 3.63) is 131 Å². The smallest absolute Gasteiger partial charge is 0.270 e. The van der Waals surface area contributed by atoms with E-state index in [-0.39, 0.29) is 16.5 Å². The zero-order chi connectivity index (χ0) is 28.9. The number of nitrogens with zero attached hydrogens (tertiary/aromatic N) is 2. The van der Waals surface area contributed by atoms with Crippen molar-refractivity contribution in [1.82, 2.24) is 4.31 Å². The fourth-order valence-electron chi connectivity index (χ4n) is 5.90. The van der Waals surface area contributed by atoms with E-state index in [1.807, 2.05) is 37.3 Å². The Balaban J connectivity index is 1.70. The molecule has 0 bridgehead atoms. The normalized spacial score (nSPS) is 20.3. The van der Waals surface area contributed by atoms with E-state index in [2.05, 4.69) is 0 Å². The highest BCUT2D eigenvalue weighted by Gasteiger charge is 2.61. The highest BCUT2D eigenvalue weighted by molar-refractivity contribution is 7.90. The molecule has 2 amide bonds. The first-order valence-corrected chi connectivity index (χ1v) is 14.6. The number of fused-ring (bicyclic) bond motifs is 2. The minimum atomic E-state index is -4.38. The van der Waals surface area contributed by atoms with Gasteiger partial charge in [0.2, 0.25) is 11.8 Å². The van der Waals surface area contributed by atoms with Crippen LogP contribution in [0.15, 0.2) is 114 Å². The van der Waals surface area contributed by atoms with Crippen molar-refractivity contribution in [2.24, 2.45) is 0 Å². The molecule has 2 atom stereocenters. The standard InChI is InChI=1S/C33H28N2O5S/c1-22-13-19-26(20-14-22)41(38,39)35-29(23-15-17-25(40-3)18-16-23)21-33(30(31(35)36)24-9-5-4-6-10-24)27-11-7-8-12-28(27)34(2)32(33)37/h4-21,30H,1-3H3. The number of para-hydroxylation sites is 1. The van der Waals surface area contributed by atoms with Crippen LogP contribution < -0.4 is 9.64 Å². The van der Waals surface area contributed by atoms with Crippen molar-refractivity contribution in [3.63, 3.8) is 0 Å². The van der Waals surface area contributed by atoms with E-state index in [0.29, 0.717) is 28.1 Å². The van der Waals surface area contributed by atoms with Crippen LogP contribution in [0.4, 0.5) is 5.69 Å². The van der Waals surface area contributed by atoms with Gasteiger partial charge in [0.25, 0.3) is 10.0 Å². The predicted molar refractivity (Wildman–Crippen MR) is 157 cm³/mol. The van der Waals surface area contributed by atoms with Crippen LogP contribution in [0.1, 0.15) is 28.2 Å². The van der Waals surface area contributed by atoms with E-state index in [0.717, 1.165) is 9.87 Å². The molecule has 2 aliphatic heterocycles. The van der Waals surface area contributed by atoms with Crippen LogP contribution in [0.5, 0.6) is 5.75 Å². The number of benzene rings is 4. The largest absolute Gasteiger partial charge is 0.497 e. The molecule has 0 N–H and O–H groups in total. The topological polar surface area (TPSA) is 84.0 Å². The Kier molecular flexibility index (Phi) is 6.31. The summed E-state index contributed by atoms with van der Waals surface area (Å²) in [6, 6.07) is 29.4. The molecule has 0 saturated carbocycles. The number of hydrogen-bond acceptors (Lipinski definition) is 5. The van der Waals surface area contributed by atoms with Gasteiger partial charge in [-0.25, -0.2) is 12.7 Å². The Labute approximate surface area is 239 Å². The van der Waals surface area contributed by atoms with Gasteiger partial charge >= 0.3 is 0 Å². The summed E-state index contributed by atoms with van der Waals surface area (Å²) in [6.45, 7) is 1.86. The average Bonchev–Trinajstić information content (AvgIpc) is 3.19. The van der Waals surface area contributed by atoms with Gasteiger partial charge < -0.3 is 9.64 Å². The highest BCUT2D eigenvalue weighted by Crippen LogP contribution is 2.55. The zero-order valence-corrected chi connectivity index (χ0v) is 23.6. The van der Waals surface area contributed by atoms with E-state index in [9.17, 15) is 18.0 Å². The molecule has 206 valence electrons. The number of likely N-dealkylation sites (N-methyl/N-ethyl adjacent to an activating group) is 1. The molecule has 0 fully saturated rings. The first-order valence-electron chi connectivity index (χ1n) is 13.2. The number of anilines is 1. The number of hydrogen-bond donors (Lipinski definition) is 0. The maximum Gasteiger partial charge on any atom is 0.270 e. The van der Waals surface area contributed by atoms with Crippen LogP contribution >= 0.6 is 0 Å². The van der Waals surface area contributed by atoms with Gasteiger partial charge in [0.15, 0.2) is 0 Å². The Morgan fingerprint density at radius 1 is 0.805 bits per heavy atom. The summed E-state index contributed by atoms with van der Waals surface area (Å²) in [5.74, 6) is -1.57. The van der Waals surface area contributed by atoms with Gasteiger partial charge in [-0.05, 0) is 72.2 Å². The lowest BCUT2D eigenvalue weighted by molar-refractivity contribution is -0.133. The third-order valence-corrected chi connectivity index (χ3v) is 9.66. The van der Waals surface area contributed by atoms with Crippen LogP contribution in [-0.2, 0) is 25.0 Å². The number of carbonyl (C=O) groups excluding carboxylic acids is 2. The van der Waals surface area contributed by atoms with Crippen molar-refractivity contribution in [2.45, 2.75) is 23.2 Å². The molecule has 4 aromatic rings. The number of rotatable bonds is 5. The van der Waals surface area contributed by atoms with Crippen molar-refractivity contribution >= 4 is 33.2 Å². The van der Waals surface area contributed by atoms with E-state index in [1.54, 1.807) is 78.7 Å². The van der Waals surface area contributed by atoms with Crippen molar-refractivity contribution in [1.29, 1.82) is 0 Å². The first-order chi connectivity index (χ1) is 19.7. The third kappa shape index (κ3) is 3.97. The maximum absolute atomic E-state index is 14.9. The first kappa shape index (κ1) is 26.5. The summed E-state index contributed by atoms with van der Waals surface area (Å²) >= 11 is 0. The summed E-state index contributed by atoms with van der Waals surface area (Å²) in [4.78, 5) is 30.7. The summed E-state index contributed by atoms with van der Waals surface area (Å²) in [5, 5.41) is 0. The van der Waals surface area contributed by atoms with Crippen LogP contribution in [0.25, 0.3) is 5.70 Å². The maximum atomic E-state index is 14.9. The lowest BCUT2D eigenvalue weighted by atomic mass is 9.65. The number of aryl methyl sites for hydroxylation is 1. The lowest BCUT2D eigenvalue weighted by Crippen LogP contribution is -2.53. The molecule has 0 radical (unpaired) electrons. The number of sulfonamides is 1. The molecule has 2 aliphatic rings. The molecule has 8 heteroatoms. The van der Waals surface area contributed by atoms with E-state index in [1.165, 1.54) is 19.2 Å². The van der Waals surface area contributed by atoms with Crippen LogP contribution in [0, 0.1) is 6.92 Å². The highest BCUT2D eigenvalue weighted by atomic mass is 32.2. The second-order valence-electron chi connectivity index (χ2n) is 10.3. The summed E-state index contributed by atoms with van der Waals surface area (Å²) in [7, 11) is -1.16. The van der Waals surface area contributed by atoms with E-state index < -0.39 is 27.3 Å². The molecule has 0 aliphatic carbocycles. The second kappa shape index (κ2) is 9.74. The van der Waals surface area contributed by atoms with Crippen molar-refractivity contribution < 1.29 is 22.7 Å². The van der Waals surface area contributed by atoms with Gasteiger partial charge in [-0.3, -0.25) is 9.59 Å². The molecule has 2 unspecified atom stereocenters. The minimum Gasteiger partial charge on any atom is -0.497 e. The SMILES string of the molecule is COc1ccc(C2=CC3(C(=O)N(C)c4ccccc43)C(c3ccccc3)C(=O)N2S(=O)(=O)c2ccc(C)cc2)cc1. The Bertz CT molecular complexity index is 1800. The van der Waals surface area contributed by atoms with Crippen molar-refractivity contribution in [3.8, 4) is 5.75 Å². The Morgan fingerprint density at radius 2 is 1.44 bits per heavy atom. The zero-order valence-electron chi connectivity index (χ0n) is 22.8. The second-order valence-corrected chi connectivity index (χ2v) is 12.1. The number of carbonyl (C=O) groups is 2. The quantitative estimate of drug-likeness (QED) is 0.330. The fourth-order valence-corrected chi connectivity index (χ4v) is 7.35. The van der Waals surface area contributed by atoms with Crippen LogP contribution in [0.2, 0.25) is 0 Å². The van der Waals surface area contributed by atoms with Gasteiger partial charge in [0.1, 0.15) is 11.2 Å². The van der Waals surface area contributed by atoms with Gasteiger partial charge in [0, 0.05) is 12.7 Å². The van der Waals surface area contributed by atoms with E-state index in [4.69, 9.17) is 4.74 Å². The molecule has 41 heavy (non-hydrogen) atoms. The predicted octanol–water partition coefficient (Wildman–Crippen LogP) is 5.27. The Morgan fingerprint density at radius 3 is 2.10 bits per heavy atom. The van der Waals surface area contributed by atoms with Gasteiger partial charge in [0.05, 0.1) is 23.6 Å².